The summed E-state index contributed by atoms with van der Waals surface area (Å²) in [5, 5.41) is 8.84. The third kappa shape index (κ3) is 2.42. The highest BCUT2D eigenvalue weighted by Gasteiger charge is 2.07. The number of hydrogen-bond acceptors (Lipinski definition) is 2. The molecule has 5 heteroatoms. The van der Waals surface area contributed by atoms with Gasteiger partial charge in [-0.1, -0.05) is 17.7 Å². The zero-order valence-electron chi connectivity index (χ0n) is 8.52. The molecule has 0 radical (unpaired) electrons. The summed E-state index contributed by atoms with van der Waals surface area (Å²) >= 11 is 5.57. The average Bonchev–Trinajstić information content (AvgIpc) is 2.33. The van der Waals surface area contributed by atoms with Crippen molar-refractivity contribution in [2.24, 2.45) is 0 Å². The Balaban J connectivity index is 2.49. The molecular weight excluding hydrogens is 245 g/mol. The van der Waals surface area contributed by atoms with Gasteiger partial charge in [-0.3, -0.25) is 4.98 Å². The van der Waals surface area contributed by atoms with Crippen LogP contribution < -0.4 is 0 Å². The van der Waals surface area contributed by atoms with Crippen molar-refractivity contribution >= 4 is 17.6 Å². The average molecular weight is 252 g/mol. The second kappa shape index (κ2) is 4.51. The van der Waals surface area contributed by atoms with E-state index in [-0.39, 0.29) is 10.6 Å². The van der Waals surface area contributed by atoms with Crippen molar-refractivity contribution in [3.05, 3.63) is 53.1 Å². The topological polar surface area (TPSA) is 50.2 Å². The molecule has 0 aliphatic heterocycles. The summed E-state index contributed by atoms with van der Waals surface area (Å²) < 4.78 is 13.3. The van der Waals surface area contributed by atoms with Crippen molar-refractivity contribution < 1.29 is 14.3 Å². The molecule has 3 nitrogen and oxygen atoms in total. The van der Waals surface area contributed by atoms with E-state index in [0.717, 1.165) is 0 Å². The minimum atomic E-state index is -1.08. The van der Waals surface area contributed by atoms with Gasteiger partial charge in [0.05, 0.1) is 10.6 Å². The van der Waals surface area contributed by atoms with E-state index in [2.05, 4.69) is 4.98 Å². The second-order valence-electron chi connectivity index (χ2n) is 3.40. The van der Waals surface area contributed by atoms with Gasteiger partial charge in [-0.2, -0.15) is 0 Å². The fourth-order valence-corrected chi connectivity index (χ4v) is 1.51. The van der Waals surface area contributed by atoms with Crippen molar-refractivity contribution in [2.45, 2.75) is 0 Å². The normalized spacial score (nSPS) is 10.2. The first kappa shape index (κ1) is 11.5. The van der Waals surface area contributed by atoms with Gasteiger partial charge in [0.25, 0.3) is 0 Å². The molecule has 0 saturated carbocycles. The number of benzene rings is 1. The minimum absolute atomic E-state index is 0.0242. The molecule has 0 unspecified atom stereocenters. The van der Waals surface area contributed by atoms with Gasteiger partial charge < -0.3 is 5.11 Å². The number of aromatic nitrogens is 1. The highest BCUT2D eigenvalue weighted by atomic mass is 35.5. The van der Waals surface area contributed by atoms with E-state index in [4.69, 9.17) is 16.7 Å². The molecule has 17 heavy (non-hydrogen) atoms. The number of carbonyl (C=O) groups is 1. The third-order valence-electron chi connectivity index (χ3n) is 2.24. The SMILES string of the molecule is O=C(O)c1cncc(-c2ccc(Cl)c(F)c2)c1. The summed E-state index contributed by atoms with van der Waals surface area (Å²) in [6, 6.07) is 5.69. The smallest absolute Gasteiger partial charge is 0.337 e. The molecule has 2 rings (SSSR count). The van der Waals surface area contributed by atoms with E-state index in [0.29, 0.717) is 11.1 Å². The van der Waals surface area contributed by atoms with Crippen molar-refractivity contribution in [3.8, 4) is 11.1 Å². The molecule has 1 N–H and O–H groups in total. The molecule has 1 heterocycles. The van der Waals surface area contributed by atoms with E-state index in [1.54, 1.807) is 6.07 Å². The fraction of sp³-hybridized carbons (Fsp3) is 0. The monoisotopic (exact) mass is 251 g/mol. The number of pyridine rings is 1. The third-order valence-corrected chi connectivity index (χ3v) is 2.54. The van der Waals surface area contributed by atoms with E-state index in [9.17, 15) is 9.18 Å². The van der Waals surface area contributed by atoms with Crippen LogP contribution in [0.5, 0.6) is 0 Å². The Hall–Kier alpha value is -1.94. The van der Waals surface area contributed by atoms with Crippen LogP contribution in [0.15, 0.2) is 36.7 Å². The zero-order valence-corrected chi connectivity index (χ0v) is 9.28. The van der Waals surface area contributed by atoms with E-state index < -0.39 is 11.8 Å². The van der Waals surface area contributed by atoms with Gasteiger partial charge in [0.1, 0.15) is 5.82 Å². The maximum atomic E-state index is 13.3. The van der Waals surface area contributed by atoms with Crippen LogP contribution in [0.25, 0.3) is 11.1 Å². The lowest BCUT2D eigenvalue weighted by atomic mass is 10.1. The summed E-state index contributed by atoms with van der Waals surface area (Å²) in [6.45, 7) is 0. The molecule has 86 valence electrons. The molecule has 1 aromatic heterocycles. The van der Waals surface area contributed by atoms with Gasteiger partial charge in [-0.25, -0.2) is 9.18 Å². The molecule has 0 aliphatic rings. The predicted octanol–water partition coefficient (Wildman–Crippen LogP) is 3.24. The molecule has 0 bridgehead atoms. The first-order valence-corrected chi connectivity index (χ1v) is 5.09. The van der Waals surface area contributed by atoms with Gasteiger partial charge in [-0.15, -0.1) is 0 Å². The second-order valence-corrected chi connectivity index (χ2v) is 3.80. The largest absolute Gasteiger partial charge is 0.478 e. The molecule has 0 aliphatic carbocycles. The van der Waals surface area contributed by atoms with Crippen LogP contribution in [0.1, 0.15) is 10.4 Å². The van der Waals surface area contributed by atoms with E-state index >= 15 is 0 Å². The van der Waals surface area contributed by atoms with Crippen LogP contribution in [0.2, 0.25) is 5.02 Å². The number of rotatable bonds is 2. The van der Waals surface area contributed by atoms with Gasteiger partial charge >= 0.3 is 5.97 Å². The number of carboxylic acids is 1. The maximum Gasteiger partial charge on any atom is 0.337 e. The summed E-state index contributed by atoms with van der Waals surface area (Å²) in [5.74, 6) is -1.63. The molecule has 0 fully saturated rings. The van der Waals surface area contributed by atoms with Gasteiger partial charge in [0.15, 0.2) is 0 Å². The standard InChI is InChI=1S/C12H7ClFNO2/c13-10-2-1-7(4-11(10)14)8-3-9(12(16)17)6-15-5-8/h1-6H,(H,16,17). The van der Waals surface area contributed by atoms with Gasteiger partial charge in [0.2, 0.25) is 0 Å². The molecule has 0 atom stereocenters. The Morgan fingerprint density at radius 2 is 2.00 bits per heavy atom. The Kier molecular flexibility index (Phi) is 3.06. The van der Waals surface area contributed by atoms with E-state index in [1.807, 2.05) is 0 Å². The van der Waals surface area contributed by atoms with Crippen LogP contribution in [-0.2, 0) is 0 Å². The van der Waals surface area contributed by atoms with Crippen LogP contribution >= 0.6 is 11.6 Å². The van der Waals surface area contributed by atoms with Gasteiger partial charge in [0, 0.05) is 18.0 Å². The molecule has 0 spiro atoms. The van der Waals surface area contributed by atoms with Crippen molar-refractivity contribution in [1.82, 2.24) is 4.98 Å². The summed E-state index contributed by atoms with van der Waals surface area (Å²) in [7, 11) is 0. The van der Waals surface area contributed by atoms with Gasteiger partial charge in [-0.05, 0) is 23.8 Å². The Morgan fingerprint density at radius 1 is 1.24 bits per heavy atom. The zero-order chi connectivity index (χ0) is 12.4. The molecule has 2 aromatic rings. The summed E-state index contributed by atoms with van der Waals surface area (Å²) in [4.78, 5) is 14.6. The highest BCUT2D eigenvalue weighted by Crippen LogP contribution is 2.24. The molecule has 1 aromatic carbocycles. The van der Waals surface area contributed by atoms with Crippen LogP contribution in [-0.4, -0.2) is 16.1 Å². The Bertz CT molecular complexity index is 586. The van der Waals surface area contributed by atoms with Crippen LogP contribution in [0.3, 0.4) is 0 Å². The number of hydrogen-bond donors (Lipinski definition) is 1. The predicted molar refractivity (Wildman–Crippen MR) is 61.6 cm³/mol. The van der Waals surface area contributed by atoms with Crippen LogP contribution in [0.4, 0.5) is 4.39 Å². The van der Waals surface area contributed by atoms with Crippen LogP contribution in [0, 0.1) is 5.82 Å². The lowest BCUT2D eigenvalue weighted by molar-refractivity contribution is 0.0696. The molecular formula is C12H7ClFNO2. The molecule has 0 amide bonds. The summed E-state index contributed by atoms with van der Waals surface area (Å²) in [5.41, 5.74) is 1.11. The Morgan fingerprint density at radius 3 is 2.65 bits per heavy atom. The number of nitrogens with zero attached hydrogens (tertiary/aromatic N) is 1. The highest BCUT2D eigenvalue weighted by molar-refractivity contribution is 6.30. The lowest BCUT2D eigenvalue weighted by Crippen LogP contribution is -1.97. The Labute approximate surface area is 101 Å². The first-order chi connectivity index (χ1) is 8.08. The number of halogens is 2. The molecule has 0 saturated heterocycles. The first-order valence-electron chi connectivity index (χ1n) is 4.71. The minimum Gasteiger partial charge on any atom is -0.478 e. The quantitative estimate of drug-likeness (QED) is 0.891. The van der Waals surface area contributed by atoms with E-state index in [1.165, 1.54) is 30.6 Å². The maximum absolute atomic E-state index is 13.3. The van der Waals surface area contributed by atoms with Crippen molar-refractivity contribution in [2.75, 3.05) is 0 Å². The van der Waals surface area contributed by atoms with Crippen molar-refractivity contribution in [1.29, 1.82) is 0 Å². The number of aromatic carboxylic acids is 1. The lowest BCUT2D eigenvalue weighted by Gasteiger charge is -2.03. The van der Waals surface area contributed by atoms with Crippen molar-refractivity contribution in [3.63, 3.8) is 0 Å². The fourth-order valence-electron chi connectivity index (χ4n) is 1.39. The number of carboxylic acid groups (broad SMARTS) is 1. The summed E-state index contributed by atoms with van der Waals surface area (Å²) in [6.07, 6.45) is 2.70.